The normalized spacial score (nSPS) is 23.2. The van der Waals surface area contributed by atoms with Crippen molar-refractivity contribution in [1.82, 2.24) is 10.0 Å². The molecular formula is C7H16N2O5S2. The lowest BCUT2D eigenvalue weighted by molar-refractivity contribution is 0.0324. The summed E-state index contributed by atoms with van der Waals surface area (Å²) in [5.41, 5.74) is 0. The molecule has 1 aliphatic heterocycles. The fourth-order valence-corrected chi connectivity index (χ4v) is 4.32. The van der Waals surface area contributed by atoms with E-state index in [0.717, 1.165) is 12.8 Å². The first-order valence-corrected chi connectivity index (χ1v) is 8.47. The highest BCUT2D eigenvalue weighted by molar-refractivity contribution is 8.06. The number of sulfone groups is 1. The minimum Gasteiger partial charge on any atom is -0.374 e. The van der Waals surface area contributed by atoms with Gasteiger partial charge in [-0.05, 0) is 0 Å². The molecular weight excluding hydrogens is 256 g/mol. The molecule has 0 amide bonds. The van der Waals surface area contributed by atoms with Crippen LogP contribution >= 0.6 is 0 Å². The van der Waals surface area contributed by atoms with E-state index >= 15 is 0 Å². The fraction of sp³-hybridized carbons (Fsp3) is 1.00. The maximum Gasteiger partial charge on any atom is 0.226 e. The van der Waals surface area contributed by atoms with Crippen molar-refractivity contribution < 1.29 is 21.6 Å². The first-order valence-electron chi connectivity index (χ1n) is 4.76. The molecule has 1 unspecified atom stereocenters. The lowest BCUT2D eigenvalue weighted by Gasteiger charge is -2.23. The molecule has 0 bridgehead atoms. The van der Waals surface area contributed by atoms with Crippen LogP contribution in [0.5, 0.6) is 0 Å². The van der Waals surface area contributed by atoms with Crippen molar-refractivity contribution in [3.8, 4) is 0 Å². The number of hydrogen-bond acceptors (Lipinski definition) is 6. The predicted molar refractivity (Wildman–Crippen MR) is 59.2 cm³/mol. The Kier molecular flexibility index (Phi) is 4.68. The van der Waals surface area contributed by atoms with Gasteiger partial charge in [-0.3, -0.25) is 0 Å². The third-order valence-electron chi connectivity index (χ3n) is 1.90. The Bertz CT molecular complexity index is 410. The lowest BCUT2D eigenvalue weighted by Crippen LogP contribution is -2.45. The summed E-state index contributed by atoms with van der Waals surface area (Å²) in [5.74, 6) is 0. The second-order valence-electron chi connectivity index (χ2n) is 3.70. The van der Waals surface area contributed by atoms with E-state index in [9.17, 15) is 16.8 Å². The van der Waals surface area contributed by atoms with Crippen molar-refractivity contribution in [1.29, 1.82) is 0 Å². The maximum absolute atomic E-state index is 11.3. The second kappa shape index (κ2) is 5.41. The van der Waals surface area contributed by atoms with Crippen LogP contribution in [0.15, 0.2) is 0 Å². The second-order valence-corrected chi connectivity index (χ2v) is 8.02. The summed E-state index contributed by atoms with van der Waals surface area (Å²) in [6.45, 7) is 1.91. The Labute approximate surface area is 95.5 Å². The van der Waals surface area contributed by atoms with Crippen molar-refractivity contribution in [2.75, 3.05) is 37.6 Å². The molecule has 0 aromatic rings. The molecule has 0 radical (unpaired) electrons. The van der Waals surface area contributed by atoms with Gasteiger partial charge < -0.3 is 10.1 Å². The largest absolute Gasteiger partial charge is 0.374 e. The molecule has 1 heterocycles. The molecule has 1 saturated heterocycles. The Morgan fingerprint density at radius 3 is 2.56 bits per heavy atom. The van der Waals surface area contributed by atoms with Gasteiger partial charge in [0.25, 0.3) is 0 Å². The van der Waals surface area contributed by atoms with Gasteiger partial charge in [0.1, 0.15) is 0 Å². The van der Waals surface area contributed by atoms with Crippen LogP contribution < -0.4 is 10.0 Å². The van der Waals surface area contributed by atoms with Crippen molar-refractivity contribution in [3.63, 3.8) is 0 Å². The highest BCUT2D eigenvalue weighted by atomic mass is 32.3. The van der Waals surface area contributed by atoms with Crippen molar-refractivity contribution in [2.24, 2.45) is 0 Å². The minimum absolute atomic E-state index is 0.0881. The van der Waals surface area contributed by atoms with E-state index < -0.39 is 24.9 Å². The van der Waals surface area contributed by atoms with E-state index in [1.165, 1.54) is 0 Å². The van der Waals surface area contributed by atoms with Gasteiger partial charge in [0.15, 0.2) is 14.9 Å². The summed E-state index contributed by atoms with van der Waals surface area (Å²) in [6, 6.07) is 0. The number of nitrogens with one attached hydrogen (secondary N) is 2. The summed E-state index contributed by atoms with van der Waals surface area (Å²) in [5, 5.41) is 2.15. The molecule has 2 N–H and O–H groups in total. The van der Waals surface area contributed by atoms with Gasteiger partial charge in [-0.1, -0.05) is 0 Å². The lowest BCUT2D eigenvalue weighted by atomic mass is 10.3. The third kappa shape index (κ3) is 5.75. The van der Waals surface area contributed by atoms with E-state index in [0.29, 0.717) is 13.2 Å². The van der Waals surface area contributed by atoms with Gasteiger partial charge in [0.05, 0.1) is 12.7 Å². The molecule has 0 aromatic carbocycles. The zero-order valence-electron chi connectivity index (χ0n) is 8.97. The number of hydrogen-bond donors (Lipinski definition) is 2. The standard InChI is InChI=1S/C7H16N2O5S2/c1-15(10,11)6-16(12,13)9-5-7-4-8-2-3-14-7/h7-9H,2-6H2,1H3. The quantitative estimate of drug-likeness (QED) is 0.594. The van der Waals surface area contributed by atoms with Crippen LogP contribution in [-0.2, 0) is 24.6 Å². The van der Waals surface area contributed by atoms with Gasteiger partial charge in [-0.15, -0.1) is 0 Å². The molecule has 16 heavy (non-hydrogen) atoms. The van der Waals surface area contributed by atoms with Crippen LogP contribution in [0.3, 0.4) is 0 Å². The fourth-order valence-electron chi connectivity index (χ4n) is 1.29. The molecule has 0 aliphatic carbocycles. The summed E-state index contributed by atoms with van der Waals surface area (Å²) >= 11 is 0. The maximum atomic E-state index is 11.3. The number of sulfonamides is 1. The van der Waals surface area contributed by atoms with Crippen molar-refractivity contribution in [3.05, 3.63) is 0 Å². The van der Waals surface area contributed by atoms with Gasteiger partial charge in [0, 0.05) is 25.9 Å². The topological polar surface area (TPSA) is 102 Å². The highest BCUT2D eigenvalue weighted by Gasteiger charge is 2.20. The molecule has 1 rings (SSSR count). The Hall–Kier alpha value is -0.220. The van der Waals surface area contributed by atoms with Crippen molar-refractivity contribution >= 4 is 19.9 Å². The number of rotatable bonds is 5. The Morgan fingerprint density at radius 2 is 2.06 bits per heavy atom. The zero-order chi connectivity index (χ0) is 12.2. The van der Waals surface area contributed by atoms with E-state index in [-0.39, 0.29) is 12.6 Å². The summed E-state index contributed by atoms with van der Waals surface area (Å²) in [6.07, 6.45) is 0.633. The van der Waals surface area contributed by atoms with E-state index in [4.69, 9.17) is 4.74 Å². The van der Waals surface area contributed by atoms with Crippen molar-refractivity contribution in [2.45, 2.75) is 6.10 Å². The average Bonchev–Trinajstić information content (AvgIpc) is 2.13. The predicted octanol–water partition coefficient (Wildman–Crippen LogP) is -2.10. The Morgan fingerprint density at radius 1 is 1.38 bits per heavy atom. The van der Waals surface area contributed by atoms with Gasteiger partial charge in [-0.25, -0.2) is 21.6 Å². The first-order chi connectivity index (χ1) is 7.29. The Balaban J connectivity index is 2.41. The van der Waals surface area contributed by atoms with E-state index in [2.05, 4.69) is 10.0 Å². The zero-order valence-corrected chi connectivity index (χ0v) is 10.6. The smallest absolute Gasteiger partial charge is 0.226 e. The summed E-state index contributed by atoms with van der Waals surface area (Å²) < 4.78 is 51.8. The molecule has 9 heteroatoms. The first kappa shape index (κ1) is 13.8. The monoisotopic (exact) mass is 272 g/mol. The van der Waals surface area contributed by atoms with Crippen LogP contribution in [0, 0.1) is 0 Å². The van der Waals surface area contributed by atoms with E-state index in [1.54, 1.807) is 0 Å². The van der Waals surface area contributed by atoms with Gasteiger partial charge in [-0.2, -0.15) is 0 Å². The molecule has 0 spiro atoms. The van der Waals surface area contributed by atoms with Crippen LogP contribution in [0.2, 0.25) is 0 Å². The number of ether oxygens (including phenoxy) is 1. The van der Waals surface area contributed by atoms with Gasteiger partial charge in [0.2, 0.25) is 10.0 Å². The summed E-state index contributed by atoms with van der Waals surface area (Å²) in [4.78, 5) is 0. The van der Waals surface area contributed by atoms with Crippen LogP contribution in [-0.4, -0.2) is 60.5 Å². The van der Waals surface area contributed by atoms with Crippen LogP contribution in [0.1, 0.15) is 0 Å². The van der Waals surface area contributed by atoms with E-state index in [1.807, 2.05) is 0 Å². The third-order valence-corrected chi connectivity index (χ3v) is 5.46. The summed E-state index contributed by atoms with van der Waals surface area (Å²) in [7, 11) is -7.33. The molecule has 96 valence electrons. The molecule has 0 aromatic heterocycles. The van der Waals surface area contributed by atoms with Crippen LogP contribution in [0.4, 0.5) is 0 Å². The molecule has 1 fully saturated rings. The molecule has 7 nitrogen and oxygen atoms in total. The SMILES string of the molecule is CS(=O)(=O)CS(=O)(=O)NCC1CNCCO1. The van der Waals surface area contributed by atoms with Crippen LogP contribution in [0.25, 0.3) is 0 Å². The minimum atomic E-state index is -3.78. The number of morpholine rings is 1. The van der Waals surface area contributed by atoms with Gasteiger partial charge >= 0.3 is 0 Å². The molecule has 1 aliphatic rings. The average molecular weight is 272 g/mol. The molecule has 1 atom stereocenters. The molecule has 0 saturated carbocycles. The highest BCUT2D eigenvalue weighted by Crippen LogP contribution is 1.97.